The molecular formula is C25H29BrN4O4S. The molecule has 3 amide bonds. The van der Waals surface area contributed by atoms with Gasteiger partial charge in [-0.3, -0.25) is 10.1 Å². The third-order valence-corrected chi connectivity index (χ3v) is 7.18. The minimum absolute atomic E-state index is 0.248. The summed E-state index contributed by atoms with van der Waals surface area (Å²) in [4.78, 5) is 30.1. The molecule has 3 N–H and O–H groups in total. The molecule has 1 heterocycles. The molecule has 3 rings (SSSR count). The molecule has 2 aromatic carbocycles. The monoisotopic (exact) mass is 560 g/mol. The standard InChI is InChI=1S/C25H29BrN4O4S/c1-13-9-14(2)21(15(3)10-13)29-23(31)22-16(4)28-25(35-22)30-24(32)27-8-7-17-11-19(33-5)20(34-6)12-18(17)26/h9-12H,7-8H2,1-6H3,(H,29,31)(H2,27,28,30,32). The summed E-state index contributed by atoms with van der Waals surface area (Å²) >= 11 is 4.66. The van der Waals surface area contributed by atoms with Crippen LogP contribution in [-0.4, -0.2) is 37.7 Å². The van der Waals surface area contributed by atoms with Crippen molar-refractivity contribution in [1.29, 1.82) is 0 Å². The molecule has 0 bridgehead atoms. The van der Waals surface area contributed by atoms with Crippen molar-refractivity contribution in [1.82, 2.24) is 10.3 Å². The molecular weight excluding hydrogens is 532 g/mol. The van der Waals surface area contributed by atoms with Crippen LogP contribution in [0.3, 0.4) is 0 Å². The number of nitrogens with one attached hydrogen (secondary N) is 3. The number of aromatic nitrogens is 1. The summed E-state index contributed by atoms with van der Waals surface area (Å²) in [5.74, 6) is 0.998. The van der Waals surface area contributed by atoms with Gasteiger partial charge in [-0.1, -0.05) is 45.0 Å². The predicted octanol–water partition coefficient (Wildman–Crippen LogP) is 5.77. The third kappa shape index (κ3) is 6.52. The summed E-state index contributed by atoms with van der Waals surface area (Å²) in [5, 5.41) is 8.87. The lowest BCUT2D eigenvalue weighted by Crippen LogP contribution is -2.30. The number of nitrogens with zero attached hydrogens (tertiary/aromatic N) is 1. The van der Waals surface area contributed by atoms with E-state index in [1.165, 1.54) is 0 Å². The number of halogens is 1. The number of hydrogen-bond acceptors (Lipinski definition) is 6. The number of rotatable bonds is 8. The Labute approximate surface area is 217 Å². The number of methoxy groups -OCH3 is 2. The molecule has 0 saturated heterocycles. The average Bonchev–Trinajstić information content (AvgIpc) is 3.16. The Morgan fingerprint density at radius 2 is 1.60 bits per heavy atom. The van der Waals surface area contributed by atoms with E-state index in [1.54, 1.807) is 21.1 Å². The Balaban J connectivity index is 1.59. The van der Waals surface area contributed by atoms with Crippen LogP contribution in [0.4, 0.5) is 15.6 Å². The van der Waals surface area contributed by atoms with Crippen molar-refractivity contribution in [2.75, 3.05) is 31.4 Å². The lowest BCUT2D eigenvalue weighted by atomic mass is 10.1. The summed E-state index contributed by atoms with van der Waals surface area (Å²) < 4.78 is 11.5. The number of thiazole rings is 1. The molecule has 0 atom stereocenters. The van der Waals surface area contributed by atoms with Crippen molar-refractivity contribution in [3.63, 3.8) is 0 Å². The fourth-order valence-electron chi connectivity index (χ4n) is 3.75. The zero-order valence-corrected chi connectivity index (χ0v) is 23.0. The van der Waals surface area contributed by atoms with Crippen molar-refractivity contribution >= 4 is 50.0 Å². The summed E-state index contributed by atoms with van der Waals surface area (Å²) in [7, 11) is 3.16. The molecule has 0 unspecified atom stereocenters. The van der Waals surface area contributed by atoms with Crippen LogP contribution in [0.15, 0.2) is 28.7 Å². The highest BCUT2D eigenvalue weighted by Gasteiger charge is 2.18. The number of amides is 3. The van der Waals surface area contributed by atoms with Gasteiger partial charge in [-0.2, -0.15) is 0 Å². The summed E-state index contributed by atoms with van der Waals surface area (Å²) in [6, 6.07) is 7.36. The highest BCUT2D eigenvalue weighted by Crippen LogP contribution is 2.33. The number of ether oxygens (including phenoxy) is 2. The van der Waals surface area contributed by atoms with Crippen molar-refractivity contribution in [3.05, 3.63) is 61.6 Å². The van der Waals surface area contributed by atoms with E-state index in [4.69, 9.17) is 9.47 Å². The van der Waals surface area contributed by atoms with E-state index in [0.717, 1.165) is 43.8 Å². The Kier molecular flexibility index (Phi) is 8.74. The third-order valence-electron chi connectivity index (χ3n) is 5.37. The van der Waals surface area contributed by atoms with Gasteiger partial charge in [-0.05, 0) is 62.9 Å². The van der Waals surface area contributed by atoms with E-state index < -0.39 is 6.03 Å². The van der Waals surface area contributed by atoms with Gasteiger partial charge in [-0.15, -0.1) is 0 Å². The molecule has 0 radical (unpaired) electrons. The summed E-state index contributed by atoms with van der Waals surface area (Å²) in [6.07, 6.45) is 0.578. The first kappa shape index (κ1) is 26.5. The van der Waals surface area contributed by atoms with E-state index in [9.17, 15) is 9.59 Å². The van der Waals surface area contributed by atoms with Gasteiger partial charge >= 0.3 is 6.03 Å². The lowest BCUT2D eigenvalue weighted by Gasteiger charge is -2.12. The maximum atomic E-state index is 12.9. The largest absolute Gasteiger partial charge is 0.493 e. The van der Waals surface area contributed by atoms with Crippen molar-refractivity contribution in [2.24, 2.45) is 0 Å². The zero-order valence-electron chi connectivity index (χ0n) is 20.6. The van der Waals surface area contributed by atoms with Crippen LogP contribution < -0.4 is 25.4 Å². The number of hydrogen-bond donors (Lipinski definition) is 3. The zero-order chi connectivity index (χ0) is 25.7. The van der Waals surface area contributed by atoms with E-state index in [2.05, 4.69) is 36.9 Å². The molecule has 35 heavy (non-hydrogen) atoms. The van der Waals surface area contributed by atoms with Crippen LogP contribution in [-0.2, 0) is 6.42 Å². The molecule has 0 fully saturated rings. The lowest BCUT2D eigenvalue weighted by molar-refractivity contribution is 0.102. The van der Waals surface area contributed by atoms with Crippen LogP contribution in [0.25, 0.3) is 0 Å². The molecule has 0 saturated carbocycles. The van der Waals surface area contributed by atoms with Gasteiger partial charge in [0, 0.05) is 16.7 Å². The first-order valence-corrected chi connectivity index (χ1v) is 12.6. The second-order valence-corrected chi connectivity index (χ2v) is 9.94. The minimum Gasteiger partial charge on any atom is -0.493 e. The molecule has 3 aromatic rings. The fraction of sp³-hybridized carbons (Fsp3) is 0.320. The van der Waals surface area contributed by atoms with Gasteiger partial charge in [0.1, 0.15) is 4.88 Å². The highest BCUT2D eigenvalue weighted by molar-refractivity contribution is 9.10. The van der Waals surface area contributed by atoms with E-state index in [-0.39, 0.29) is 5.91 Å². The van der Waals surface area contributed by atoms with E-state index >= 15 is 0 Å². The molecule has 0 spiro atoms. The Hall–Kier alpha value is -3.11. The van der Waals surface area contributed by atoms with Gasteiger partial charge in [0.15, 0.2) is 16.6 Å². The molecule has 10 heteroatoms. The number of carbonyl (C=O) groups is 2. The first-order valence-electron chi connectivity index (χ1n) is 10.9. The molecule has 8 nitrogen and oxygen atoms in total. The Bertz CT molecular complexity index is 1240. The van der Waals surface area contributed by atoms with Gasteiger partial charge in [0.05, 0.1) is 19.9 Å². The highest BCUT2D eigenvalue weighted by atomic mass is 79.9. The topological polar surface area (TPSA) is 102 Å². The van der Waals surface area contributed by atoms with Gasteiger partial charge in [-0.25, -0.2) is 9.78 Å². The Morgan fingerprint density at radius 1 is 0.971 bits per heavy atom. The number of benzene rings is 2. The summed E-state index contributed by atoms with van der Waals surface area (Å²) in [5.41, 5.74) is 5.45. The molecule has 0 aliphatic rings. The van der Waals surface area contributed by atoms with Crippen molar-refractivity contribution in [2.45, 2.75) is 34.1 Å². The normalized spacial score (nSPS) is 10.6. The van der Waals surface area contributed by atoms with Crippen LogP contribution >= 0.6 is 27.3 Å². The van der Waals surface area contributed by atoms with E-state index in [1.807, 2.05) is 45.0 Å². The second kappa shape index (κ2) is 11.5. The molecule has 0 aliphatic heterocycles. The molecule has 186 valence electrons. The fourth-order valence-corrected chi connectivity index (χ4v) is 5.13. The summed E-state index contributed by atoms with van der Waals surface area (Å²) in [6.45, 7) is 8.09. The smallest absolute Gasteiger partial charge is 0.321 e. The maximum Gasteiger partial charge on any atom is 0.321 e. The number of aryl methyl sites for hydroxylation is 4. The second-order valence-electron chi connectivity index (χ2n) is 8.09. The van der Waals surface area contributed by atoms with E-state index in [0.29, 0.717) is 40.2 Å². The molecule has 0 aliphatic carbocycles. The van der Waals surface area contributed by atoms with Gasteiger partial charge < -0.3 is 20.1 Å². The number of anilines is 2. The Morgan fingerprint density at radius 3 is 2.23 bits per heavy atom. The van der Waals surface area contributed by atoms with Crippen LogP contribution in [0.1, 0.15) is 37.6 Å². The van der Waals surface area contributed by atoms with Gasteiger partial charge in [0.2, 0.25) is 0 Å². The maximum absolute atomic E-state index is 12.9. The number of urea groups is 1. The van der Waals surface area contributed by atoms with Crippen molar-refractivity contribution in [3.8, 4) is 11.5 Å². The minimum atomic E-state index is -0.396. The SMILES string of the molecule is COc1cc(Br)c(CCNC(=O)Nc2nc(C)c(C(=O)Nc3c(C)cc(C)cc3C)s2)cc1OC. The van der Waals surface area contributed by atoms with Crippen LogP contribution in [0, 0.1) is 27.7 Å². The van der Waals surface area contributed by atoms with Crippen molar-refractivity contribution < 1.29 is 19.1 Å². The first-order chi connectivity index (χ1) is 16.6. The van der Waals surface area contributed by atoms with Crippen LogP contribution in [0.2, 0.25) is 0 Å². The average molecular weight is 562 g/mol. The van der Waals surface area contributed by atoms with Crippen LogP contribution in [0.5, 0.6) is 11.5 Å². The number of carbonyl (C=O) groups excluding carboxylic acids is 2. The quantitative estimate of drug-likeness (QED) is 0.324. The molecule has 1 aromatic heterocycles. The predicted molar refractivity (Wildman–Crippen MR) is 143 cm³/mol. The van der Waals surface area contributed by atoms with Gasteiger partial charge in [0.25, 0.3) is 5.91 Å².